The Morgan fingerprint density at radius 1 is 1.53 bits per heavy atom. The Morgan fingerprint density at radius 2 is 2.29 bits per heavy atom. The smallest absolute Gasteiger partial charge is 0.377 e. The Balaban J connectivity index is 2.43. The third kappa shape index (κ3) is 2.23. The zero-order valence-corrected chi connectivity index (χ0v) is 10.2. The number of rotatable bonds is 2. The maximum Gasteiger partial charge on any atom is 0.377 e. The van der Waals surface area contributed by atoms with E-state index in [4.69, 9.17) is 5.73 Å². The number of esters is 1. The van der Waals surface area contributed by atoms with Crippen molar-refractivity contribution < 1.29 is 9.53 Å². The number of methoxy groups -OCH3 is 1. The number of ether oxygens (including phenoxy) is 1. The summed E-state index contributed by atoms with van der Waals surface area (Å²) in [4.78, 5) is 22.7. The van der Waals surface area contributed by atoms with Crippen molar-refractivity contribution in [2.75, 3.05) is 12.8 Å². The SMILES string of the molecule is COC(=O)c1ncn(-c2nc(N)ncc2Br)n1. The lowest BCUT2D eigenvalue weighted by Gasteiger charge is -2.02. The van der Waals surface area contributed by atoms with Gasteiger partial charge in [0.2, 0.25) is 5.95 Å². The van der Waals surface area contributed by atoms with Gasteiger partial charge in [-0.05, 0) is 15.9 Å². The summed E-state index contributed by atoms with van der Waals surface area (Å²) in [5.41, 5.74) is 5.46. The summed E-state index contributed by atoms with van der Waals surface area (Å²) in [6.45, 7) is 0. The van der Waals surface area contributed by atoms with Gasteiger partial charge < -0.3 is 10.5 Å². The first kappa shape index (κ1) is 11.5. The van der Waals surface area contributed by atoms with E-state index < -0.39 is 5.97 Å². The highest BCUT2D eigenvalue weighted by atomic mass is 79.9. The molecule has 9 heteroatoms. The maximum atomic E-state index is 11.2. The number of nitrogens with two attached hydrogens (primary N) is 1. The largest absolute Gasteiger partial charge is 0.463 e. The van der Waals surface area contributed by atoms with E-state index in [2.05, 4.69) is 40.7 Å². The fourth-order valence-corrected chi connectivity index (χ4v) is 1.45. The lowest BCUT2D eigenvalue weighted by molar-refractivity contribution is 0.0587. The summed E-state index contributed by atoms with van der Waals surface area (Å²) < 4.78 is 6.37. The van der Waals surface area contributed by atoms with Gasteiger partial charge in [-0.25, -0.2) is 19.4 Å². The number of aromatic nitrogens is 5. The van der Waals surface area contributed by atoms with Crippen molar-refractivity contribution in [3.05, 3.63) is 22.8 Å². The molecule has 0 aliphatic heterocycles. The Morgan fingerprint density at radius 3 is 3.00 bits per heavy atom. The monoisotopic (exact) mass is 298 g/mol. The molecule has 0 amide bonds. The third-order valence-electron chi connectivity index (χ3n) is 1.82. The molecule has 0 fully saturated rings. The molecule has 2 aromatic rings. The second-order valence-electron chi connectivity index (χ2n) is 2.90. The molecular weight excluding hydrogens is 292 g/mol. The summed E-state index contributed by atoms with van der Waals surface area (Å²) in [7, 11) is 1.25. The summed E-state index contributed by atoms with van der Waals surface area (Å²) >= 11 is 3.25. The van der Waals surface area contributed by atoms with Crippen LogP contribution in [0.1, 0.15) is 10.6 Å². The van der Waals surface area contributed by atoms with Crippen LogP contribution in [-0.2, 0) is 4.74 Å². The minimum atomic E-state index is -0.623. The van der Waals surface area contributed by atoms with E-state index in [0.717, 1.165) is 0 Å². The van der Waals surface area contributed by atoms with E-state index in [9.17, 15) is 4.79 Å². The number of hydrogen-bond donors (Lipinski definition) is 1. The summed E-state index contributed by atoms with van der Waals surface area (Å²) in [5, 5.41) is 3.91. The molecule has 0 aliphatic carbocycles. The first-order valence-electron chi connectivity index (χ1n) is 4.40. The topological polar surface area (TPSA) is 109 Å². The van der Waals surface area contributed by atoms with Gasteiger partial charge in [0.15, 0.2) is 5.82 Å². The molecule has 8 nitrogen and oxygen atoms in total. The van der Waals surface area contributed by atoms with Crippen LogP contribution < -0.4 is 5.73 Å². The number of carbonyl (C=O) groups excluding carboxylic acids is 1. The van der Waals surface area contributed by atoms with Crippen LogP contribution >= 0.6 is 15.9 Å². The van der Waals surface area contributed by atoms with Crippen molar-refractivity contribution in [3.63, 3.8) is 0 Å². The van der Waals surface area contributed by atoms with Crippen LogP contribution in [-0.4, -0.2) is 37.8 Å². The second kappa shape index (κ2) is 4.45. The molecule has 0 radical (unpaired) electrons. The van der Waals surface area contributed by atoms with Crippen molar-refractivity contribution in [2.45, 2.75) is 0 Å². The molecule has 2 heterocycles. The minimum absolute atomic E-state index is 0.0587. The summed E-state index contributed by atoms with van der Waals surface area (Å²) in [6, 6.07) is 0. The van der Waals surface area contributed by atoms with E-state index in [-0.39, 0.29) is 11.8 Å². The van der Waals surface area contributed by atoms with Crippen molar-refractivity contribution in [1.29, 1.82) is 0 Å². The van der Waals surface area contributed by atoms with E-state index in [1.165, 1.54) is 24.3 Å². The Bertz CT molecular complexity index is 569. The van der Waals surface area contributed by atoms with E-state index >= 15 is 0 Å². The molecule has 0 saturated heterocycles. The van der Waals surface area contributed by atoms with E-state index in [0.29, 0.717) is 10.3 Å². The molecule has 0 spiro atoms. The number of nitrogen functional groups attached to an aromatic ring is 1. The van der Waals surface area contributed by atoms with Crippen molar-refractivity contribution in [3.8, 4) is 5.82 Å². The first-order valence-corrected chi connectivity index (χ1v) is 5.19. The Labute approximate surface area is 104 Å². The molecule has 0 atom stereocenters. The van der Waals surface area contributed by atoms with Crippen molar-refractivity contribution >= 4 is 27.8 Å². The van der Waals surface area contributed by atoms with Crippen LogP contribution in [0, 0.1) is 0 Å². The maximum absolute atomic E-state index is 11.2. The van der Waals surface area contributed by atoms with Gasteiger partial charge in [-0.3, -0.25) is 0 Å². The molecule has 2 rings (SSSR count). The molecule has 0 unspecified atom stereocenters. The molecular formula is C8H7BrN6O2. The van der Waals surface area contributed by atoms with Gasteiger partial charge in [0.1, 0.15) is 6.33 Å². The predicted molar refractivity (Wildman–Crippen MR) is 60.4 cm³/mol. The van der Waals surface area contributed by atoms with Gasteiger partial charge in [0, 0.05) is 6.20 Å². The summed E-state index contributed by atoms with van der Waals surface area (Å²) in [5.74, 6) is -0.197. The van der Waals surface area contributed by atoms with Crippen molar-refractivity contribution in [1.82, 2.24) is 24.7 Å². The number of halogens is 1. The van der Waals surface area contributed by atoms with Gasteiger partial charge in [0.05, 0.1) is 11.6 Å². The fourth-order valence-electron chi connectivity index (χ4n) is 1.08. The molecule has 2 aromatic heterocycles. The normalized spacial score (nSPS) is 10.2. The molecule has 0 aromatic carbocycles. The van der Waals surface area contributed by atoms with Crippen LogP contribution in [0.2, 0.25) is 0 Å². The zero-order valence-electron chi connectivity index (χ0n) is 8.66. The highest BCUT2D eigenvalue weighted by molar-refractivity contribution is 9.10. The van der Waals surface area contributed by atoms with E-state index in [1.807, 2.05) is 0 Å². The molecule has 0 saturated carbocycles. The molecule has 0 aliphatic rings. The average Bonchev–Trinajstić information content (AvgIpc) is 2.80. The van der Waals surface area contributed by atoms with Gasteiger partial charge in [-0.15, -0.1) is 5.10 Å². The van der Waals surface area contributed by atoms with E-state index in [1.54, 1.807) is 0 Å². The fraction of sp³-hybridized carbons (Fsp3) is 0.125. The van der Waals surface area contributed by atoms with Gasteiger partial charge in [-0.1, -0.05) is 0 Å². The standard InChI is InChI=1S/C8H7BrN6O2/c1-17-7(16)5-12-3-15(14-5)6-4(9)2-11-8(10)13-6/h2-3H,1H3,(H2,10,11,13). The molecule has 88 valence electrons. The van der Waals surface area contributed by atoms with Crippen LogP contribution in [0.4, 0.5) is 5.95 Å². The zero-order chi connectivity index (χ0) is 12.4. The highest BCUT2D eigenvalue weighted by Crippen LogP contribution is 2.17. The van der Waals surface area contributed by atoms with Crippen LogP contribution in [0.25, 0.3) is 5.82 Å². The van der Waals surface area contributed by atoms with Crippen molar-refractivity contribution in [2.24, 2.45) is 0 Å². The minimum Gasteiger partial charge on any atom is -0.463 e. The number of hydrogen-bond acceptors (Lipinski definition) is 7. The van der Waals surface area contributed by atoms with Crippen LogP contribution in [0.5, 0.6) is 0 Å². The number of anilines is 1. The number of carbonyl (C=O) groups is 1. The lowest BCUT2D eigenvalue weighted by Crippen LogP contribution is -2.07. The van der Waals surface area contributed by atoms with Crippen LogP contribution in [0.15, 0.2) is 17.0 Å². The van der Waals surface area contributed by atoms with Gasteiger partial charge in [0.25, 0.3) is 5.82 Å². The number of nitrogens with zero attached hydrogens (tertiary/aromatic N) is 5. The molecule has 2 N–H and O–H groups in total. The van der Waals surface area contributed by atoms with Gasteiger partial charge >= 0.3 is 5.97 Å². The first-order chi connectivity index (χ1) is 8.11. The lowest BCUT2D eigenvalue weighted by atomic mass is 10.6. The molecule has 17 heavy (non-hydrogen) atoms. The molecule has 0 bridgehead atoms. The second-order valence-corrected chi connectivity index (χ2v) is 3.76. The Kier molecular flexibility index (Phi) is 3.00. The highest BCUT2D eigenvalue weighted by Gasteiger charge is 2.14. The summed E-state index contributed by atoms with van der Waals surface area (Å²) in [6.07, 6.45) is 2.82. The quantitative estimate of drug-likeness (QED) is 0.788. The predicted octanol–water partition coefficient (Wildman–Crippen LogP) is 0.189. The Hall–Kier alpha value is -2.03. The average molecular weight is 299 g/mol. The van der Waals surface area contributed by atoms with Crippen LogP contribution in [0.3, 0.4) is 0 Å². The van der Waals surface area contributed by atoms with Gasteiger partial charge in [-0.2, -0.15) is 4.98 Å². The third-order valence-corrected chi connectivity index (χ3v) is 2.38.